The number of nitrogens with two attached hydrogens (primary N) is 1. The van der Waals surface area contributed by atoms with Crippen molar-refractivity contribution in [3.05, 3.63) is 42.2 Å². The van der Waals surface area contributed by atoms with Crippen LogP contribution in [0.15, 0.2) is 41.6 Å². The standard InChI is InChI=1S/C12H15N5O2S/c1-20(18,19)10-4-2-9(3-5-10)6-15-11-7-14-8-12(16-11)17-13/h2-5,7-8H,6,13H2,1H3,(H2,15,16,17). The molecule has 7 nitrogen and oxygen atoms in total. The maximum absolute atomic E-state index is 11.3. The van der Waals surface area contributed by atoms with Gasteiger partial charge >= 0.3 is 0 Å². The first-order valence-corrected chi connectivity index (χ1v) is 7.70. The van der Waals surface area contributed by atoms with Gasteiger partial charge in [-0.3, -0.25) is 4.98 Å². The first kappa shape index (κ1) is 14.2. The zero-order chi connectivity index (χ0) is 14.6. The van der Waals surface area contributed by atoms with Crippen molar-refractivity contribution in [3.8, 4) is 0 Å². The average Bonchev–Trinajstić information content (AvgIpc) is 2.45. The fourth-order valence-corrected chi connectivity index (χ4v) is 2.20. The van der Waals surface area contributed by atoms with E-state index in [-0.39, 0.29) is 0 Å². The minimum absolute atomic E-state index is 0.301. The maximum Gasteiger partial charge on any atom is 0.175 e. The van der Waals surface area contributed by atoms with Crippen LogP contribution in [-0.4, -0.2) is 24.6 Å². The number of hydrazine groups is 1. The summed E-state index contributed by atoms with van der Waals surface area (Å²) < 4.78 is 22.7. The highest BCUT2D eigenvalue weighted by Crippen LogP contribution is 2.12. The summed E-state index contributed by atoms with van der Waals surface area (Å²) in [5.74, 6) is 6.28. The Labute approximate surface area is 117 Å². The summed E-state index contributed by atoms with van der Waals surface area (Å²) in [5, 5.41) is 3.08. The summed E-state index contributed by atoms with van der Waals surface area (Å²) in [5.41, 5.74) is 3.34. The van der Waals surface area contributed by atoms with Crippen molar-refractivity contribution in [2.24, 2.45) is 5.84 Å². The molecule has 0 aliphatic heterocycles. The van der Waals surface area contributed by atoms with Gasteiger partial charge in [0.05, 0.1) is 17.3 Å². The topological polar surface area (TPSA) is 110 Å². The summed E-state index contributed by atoms with van der Waals surface area (Å²) in [4.78, 5) is 8.43. The van der Waals surface area contributed by atoms with Gasteiger partial charge in [-0.15, -0.1) is 0 Å². The number of rotatable bonds is 5. The Bertz CT molecular complexity index is 685. The summed E-state index contributed by atoms with van der Waals surface area (Å²) >= 11 is 0. The third-order valence-corrected chi connectivity index (χ3v) is 3.74. The molecule has 1 heterocycles. The van der Waals surface area contributed by atoms with E-state index in [1.165, 1.54) is 12.5 Å². The summed E-state index contributed by atoms with van der Waals surface area (Å²) in [6.07, 6.45) is 4.26. The minimum Gasteiger partial charge on any atom is -0.365 e. The Balaban J connectivity index is 2.04. The van der Waals surface area contributed by atoms with Crippen molar-refractivity contribution < 1.29 is 8.42 Å². The molecule has 0 unspecified atom stereocenters. The summed E-state index contributed by atoms with van der Waals surface area (Å²) in [6, 6.07) is 6.66. The van der Waals surface area contributed by atoms with E-state index in [1.807, 2.05) is 0 Å². The lowest BCUT2D eigenvalue weighted by atomic mass is 10.2. The van der Waals surface area contributed by atoms with E-state index in [0.29, 0.717) is 23.1 Å². The number of sulfone groups is 1. The molecule has 1 aromatic heterocycles. The van der Waals surface area contributed by atoms with Gasteiger partial charge in [0.2, 0.25) is 0 Å². The SMILES string of the molecule is CS(=O)(=O)c1ccc(CNc2cncc(NN)n2)cc1. The molecule has 4 N–H and O–H groups in total. The molecule has 0 fully saturated rings. The van der Waals surface area contributed by atoms with E-state index in [4.69, 9.17) is 5.84 Å². The number of nitrogen functional groups attached to an aromatic ring is 1. The molecular weight excluding hydrogens is 278 g/mol. The molecule has 0 saturated carbocycles. The molecule has 0 aliphatic carbocycles. The molecule has 0 spiro atoms. The third kappa shape index (κ3) is 3.65. The van der Waals surface area contributed by atoms with Gasteiger partial charge in [-0.05, 0) is 17.7 Å². The van der Waals surface area contributed by atoms with Crippen molar-refractivity contribution in [1.29, 1.82) is 0 Å². The number of nitrogens with one attached hydrogen (secondary N) is 2. The molecule has 2 rings (SSSR count). The second-order valence-electron chi connectivity index (χ2n) is 4.20. The first-order chi connectivity index (χ1) is 9.49. The molecule has 106 valence electrons. The van der Waals surface area contributed by atoms with Gasteiger partial charge in [0.15, 0.2) is 15.7 Å². The highest BCUT2D eigenvalue weighted by Gasteiger charge is 2.06. The van der Waals surface area contributed by atoms with Crippen LogP contribution in [0.5, 0.6) is 0 Å². The second-order valence-corrected chi connectivity index (χ2v) is 6.22. The van der Waals surface area contributed by atoms with Gasteiger partial charge in [0, 0.05) is 12.8 Å². The van der Waals surface area contributed by atoms with Gasteiger partial charge in [0.1, 0.15) is 5.82 Å². The lowest BCUT2D eigenvalue weighted by Gasteiger charge is -2.07. The molecule has 0 atom stereocenters. The zero-order valence-corrected chi connectivity index (χ0v) is 11.7. The van der Waals surface area contributed by atoms with Crippen LogP contribution in [-0.2, 0) is 16.4 Å². The van der Waals surface area contributed by atoms with Crippen molar-refractivity contribution in [3.63, 3.8) is 0 Å². The smallest absolute Gasteiger partial charge is 0.175 e. The molecule has 0 amide bonds. The van der Waals surface area contributed by atoms with E-state index in [0.717, 1.165) is 5.56 Å². The molecule has 0 saturated heterocycles. The number of hydrogen-bond acceptors (Lipinski definition) is 7. The fourth-order valence-electron chi connectivity index (χ4n) is 1.57. The van der Waals surface area contributed by atoms with Crippen molar-refractivity contribution in [2.45, 2.75) is 11.4 Å². The molecular formula is C12H15N5O2S. The van der Waals surface area contributed by atoms with E-state index in [9.17, 15) is 8.42 Å². The largest absolute Gasteiger partial charge is 0.365 e. The molecule has 8 heteroatoms. The van der Waals surface area contributed by atoms with Gasteiger partial charge < -0.3 is 10.7 Å². The number of hydrogen-bond donors (Lipinski definition) is 3. The zero-order valence-electron chi connectivity index (χ0n) is 10.9. The summed E-state index contributed by atoms with van der Waals surface area (Å²) in [7, 11) is -3.16. The minimum atomic E-state index is -3.16. The van der Waals surface area contributed by atoms with Crippen molar-refractivity contribution in [1.82, 2.24) is 9.97 Å². The quantitative estimate of drug-likeness (QED) is 0.552. The van der Waals surface area contributed by atoms with Gasteiger partial charge in [-0.25, -0.2) is 19.2 Å². The highest BCUT2D eigenvalue weighted by atomic mass is 32.2. The van der Waals surface area contributed by atoms with Crippen LogP contribution < -0.4 is 16.6 Å². The highest BCUT2D eigenvalue weighted by molar-refractivity contribution is 7.90. The molecule has 1 aromatic carbocycles. The van der Waals surface area contributed by atoms with E-state index in [1.54, 1.807) is 30.5 Å². The van der Waals surface area contributed by atoms with Crippen LogP contribution in [0.1, 0.15) is 5.56 Å². The third-order valence-electron chi connectivity index (χ3n) is 2.61. The van der Waals surface area contributed by atoms with Gasteiger partial charge in [-0.2, -0.15) is 0 Å². The first-order valence-electron chi connectivity index (χ1n) is 5.80. The Morgan fingerprint density at radius 3 is 2.40 bits per heavy atom. The Morgan fingerprint density at radius 2 is 1.80 bits per heavy atom. The van der Waals surface area contributed by atoms with Crippen LogP contribution >= 0.6 is 0 Å². The molecule has 0 bridgehead atoms. The predicted octanol–water partition coefficient (Wildman–Crippen LogP) is 0.778. The number of nitrogens with zero attached hydrogens (tertiary/aromatic N) is 2. The lowest BCUT2D eigenvalue weighted by molar-refractivity contribution is 0.602. The normalized spacial score (nSPS) is 11.1. The number of aromatic nitrogens is 2. The van der Waals surface area contributed by atoms with Gasteiger partial charge in [0.25, 0.3) is 0 Å². The second kappa shape index (κ2) is 5.85. The van der Waals surface area contributed by atoms with Crippen LogP contribution in [0.25, 0.3) is 0 Å². The average molecular weight is 293 g/mol. The van der Waals surface area contributed by atoms with Crippen molar-refractivity contribution in [2.75, 3.05) is 17.0 Å². The Hall–Kier alpha value is -2.19. The van der Waals surface area contributed by atoms with Gasteiger partial charge in [-0.1, -0.05) is 12.1 Å². The van der Waals surface area contributed by atoms with E-state index in [2.05, 4.69) is 20.7 Å². The van der Waals surface area contributed by atoms with Crippen LogP contribution in [0.4, 0.5) is 11.6 Å². The molecule has 20 heavy (non-hydrogen) atoms. The number of benzene rings is 1. The summed E-state index contributed by atoms with van der Waals surface area (Å²) in [6.45, 7) is 0.507. The van der Waals surface area contributed by atoms with E-state index >= 15 is 0 Å². The monoisotopic (exact) mass is 293 g/mol. The van der Waals surface area contributed by atoms with Crippen LogP contribution in [0, 0.1) is 0 Å². The van der Waals surface area contributed by atoms with Crippen molar-refractivity contribution >= 4 is 21.5 Å². The fraction of sp³-hybridized carbons (Fsp3) is 0.167. The van der Waals surface area contributed by atoms with Crippen LogP contribution in [0.3, 0.4) is 0 Å². The molecule has 2 aromatic rings. The number of anilines is 2. The molecule has 0 aliphatic rings. The maximum atomic E-state index is 11.3. The molecule has 0 radical (unpaired) electrons. The lowest BCUT2D eigenvalue weighted by Crippen LogP contribution is -2.10. The predicted molar refractivity (Wildman–Crippen MR) is 76.7 cm³/mol. The van der Waals surface area contributed by atoms with E-state index < -0.39 is 9.84 Å². The Morgan fingerprint density at radius 1 is 1.15 bits per heavy atom. The Kier molecular flexibility index (Phi) is 4.16. The van der Waals surface area contributed by atoms with Crippen LogP contribution in [0.2, 0.25) is 0 Å².